The van der Waals surface area contributed by atoms with Gasteiger partial charge in [-0.05, 0) is 82.9 Å². The van der Waals surface area contributed by atoms with Gasteiger partial charge < -0.3 is 31.2 Å². The number of ether oxygens (including phenoxy) is 1. The third-order valence-electron chi connectivity index (χ3n) is 9.25. The second kappa shape index (κ2) is 17.4. The summed E-state index contributed by atoms with van der Waals surface area (Å²) >= 11 is 0. The van der Waals surface area contributed by atoms with Crippen molar-refractivity contribution in [1.82, 2.24) is 24.9 Å². The zero-order valence-electron chi connectivity index (χ0n) is 29.1. The van der Waals surface area contributed by atoms with Crippen LogP contribution in [0.3, 0.4) is 0 Å². The summed E-state index contributed by atoms with van der Waals surface area (Å²) < 4.78 is 33.0. The summed E-state index contributed by atoms with van der Waals surface area (Å²) in [6.45, 7) is 6.25. The molecule has 0 radical (unpaired) electrons. The van der Waals surface area contributed by atoms with Gasteiger partial charge in [0, 0.05) is 31.7 Å². The predicted molar refractivity (Wildman–Crippen MR) is 186 cm³/mol. The number of phenolic OH excluding ortho intramolecular Hbond substituents is 1. The van der Waals surface area contributed by atoms with E-state index in [-0.39, 0.29) is 42.4 Å². The largest absolute Gasteiger partial charge is 0.507 e. The number of amides is 2. The lowest BCUT2D eigenvalue weighted by atomic mass is 9.85. The van der Waals surface area contributed by atoms with Crippen LogP contribution >= 0.6 is 0 Å². The molecule has 49 heavy (non-hydrogen) atoms. The number of carbonyl (C=O) groups excluding carboxylic acids is 3. The van der Waals surface area contributed by atoms with Crippen molar-refractivity contribution in [3.63, 3.8) is 0 Å². The zero-order chi connectivity index (χ0) is 35.6. The molecule has 2 heterocycles. The van der Waals surface area contributed by atoms with E-state index >= 15 is 0 Å². The van der Waals surface area contributed by atoms with Crippen LogP contribution in [0.15, 0.2) is 30.7 Å². The first kappa shape index (κ1) is 38.3. The number of aromatic hydroxyl groups is 1. The lowest BCUT2D eigenvalue weighted by Crippen LogP contribution is -2.54. The van der Waals surface area contributed by atoms with Crippen LogP contribution in [0.25, 0.3) is 0 Å². The van der Waals surface area contributed by atoms with Crippen molar-refractivity contribution in [2.24, 2.45) is 11.7 Å². The summed E-state index contributed by atoms with van der Waals surface area (Å²) in [5, 5.41) is 16.3. The van der Waals surface area contributed by atoms with Gasteiger partial charge >= 0.3 is 5.97 Å². The third-order valence-corrected chi connectivity index (χ3v) is 11.2. The fourth-order valence-corrected chi connectivity index (χ4v) is 8.20. The summed E-state index contributed by atoms with van der Waals surface area (Å²) in [6, 6.07) is 1.91. The van der Waals surface area contributed by atoms with Crippen molar-refractivity contribution in [3.8, 4) is 5.75 Å². The second-order valence-corrected chi connectivity index (χ2v) is 16.6. The van der Waals surface area contributed by atoms with Crippen molar-refractivity contribution in [2.75, 3.05) is 18.8 Å². The number of sulfonamides is 1. The van der Waals surface area contributed by atoms with Crippen molar-refractivity contribution in [2.45, 2.75) is 122 Å². The van der Waals surface area contributed by atoms with Gasteiger partial charge in [-0.25, -0.2) is 22.5 Å². The van der Waals surface area contributed by atoms with Crippen LogP contribution in [0.5, 0.6) is 5.75 Å². The van der Waals surface area contributed by atoms with E-state index in [1.54, 1.807) is 37.3 Å². The summed E-state index contributed by atoms with van der Waals surface area (Å²) in [7, 11) is -3.44. The molecule has 272 valence electrons. The van der Waals surface area contributed by atoms with Crippen molar-refractivity contribution >= 4 is 27.8 Å². The smallest absolute Gasteiger partial charge is 0.342 e. The molecule has 2 unspecified atom stereocenters. The Labute approximate surface area is 290 Å². The first-order chi connectivity index (χ1) is 23.2. The third kappa shape index (κ3) is 12.1. The van der Waals surface area contributed by atoms with Crippen molar-refractivity contribution < 1.29 is 32.6 Å². The minimum Gasteiger partial charge on any atom is -0.507 e. The number of aromatic amines is 1. The van der Waals surface area contributed by atoms with E-state index < -0.39 is 45.5 Å². The predicted octanol–water partition coefficient (Wildman–Crippen LogP) is 3.33. The van der Waals surface area contributed by atoms with E-state index in [0.29, 0.717) is 36.7 Å². The fraction of sp³-hybridized carbons (Fsp3) is 0.657. The average Bonchev–Trinajstić information content (AvgIpc) is 3.77. The van der Waals surface area contributed by atoms with Gasteiger partial charge in [0.15, 0.2) is 0 Å². The molecule has 2 amide bonds. The van der Waals surface area contributed by atoms with Gasteiger partial charge in [-0.1, -0.05) is 38.2 Å². The Bertz CT molecular complexity index is 1500. The molecule has 3 atom stereocenters. The molecule has 2 fully saturated rings. The van der Waals surface area contributed by atoms with Crippen LogP contribution in [0.4, 0.5) is 0 Å². The van der Waals surface area contributed by atoms with Crippen LogP contribution in [-0.2, 0) is 37.2 Å². The Hall–Kier alpha value is -3.49. The minimum atomic E-state index is -3.44. The van der Waals surface area contributed by atoms with E-state index in [0.717, 1.165) is 32.1 Å². The number of nitrogens with two attached hydrogens (primary N) is 1. The molecule has 4 rings (SSSR count). The molecule has 1 aliphatic heterocycles. The molecule has 2 aromatic rings. The van der Waals surface area contributed by atoms with Crippen LogP contribution < -0.4 is 16.4 Å². The highest BCUT2D eigenvalue weighted by Gasteiger charge is 2.30. The zero-order valence-corrected chi connectivity index (χ0v) is 29.9. The molecule has 1 aromatic heterocycles. The number of phenols is 1. The monoisotopic (exact) mass is 702 g/mol. The number of aromatic nitrogens is 2. The molecule has 0 bridgehead atoms. The first-order valence-electron chi connectivity index (χ1n) is 17.6. The molecule has 2 aliphatic rings. The van der Waals surface area contributed by atoms with Crippen LogP contribution in [0, 0.1) is 5.92 Å². The van der Waals surface area contributed by atoms with Crippen LogP contribution in [0.1, 0.15) is 107 Å². The average molecular weight is 703 g/mol. The molecule has 14 heteroatoms. The number of nitrogens with one attached hydrogen (secondary N) is 3. The van der Waals surface area contributed by atoms with E-state index in [1.807, 2.05) is 0 Å². The summed E-state index contributed by atoms with van der Waals surface area (Å²) in [4.78, 5) is 46.7. The number of imidazole rings is 1. The van der Waals surface area contributed by atoms with Gasteiger partial charge in [0.1, 0.15) is 23.0 Å². The first-order valence-corrected chi connectivity index (χ1v) is 19.2. The van der Waals surface area contributed by atoms with Gasteiger partial charge in [-0.15, -0.1) is 0 Å². The normalized spacial score (nSPS) is 18.0. The molecular weight excluding hydrogens is 648 g/mol. The lowest BCUT2D eigenvalue weighted by Gasteiger charge is -2.27. The number of hydrogen-bond acceptors (Lipinski definition) is 9. The number of nitrogens with zero attached hydrogens (tertiary/aromatic N) is 2. The topological polar surface area (TPSA) is 197 Å². The van der Waals surface area contributed by atoms with Crippen molar-refractivity contribution in [1.29, 1.82) is 0 Å². The fourth-order valence-electron chi connectivity index (χ4n) is 6.55. The number of esters is 1. The van der Waals surface area contributed by atoms with E-state index in [2.05, 4.69) is 20.6 Å². The number of benzene rings is 1. The number of H-pyrrole nitrogens is 1. The van der Waals surface area contributed by atoms with Crippen molar-refractivity contribution in [3.05, 3.63) is 47.5 Å². The molecule has 1 saturated heterocycles. The van der Waals surface area contributed by atoms with Gasteiger partial charge in [0.2, 0.25) is 21.8 Å². The molecule has 1 aromatic carbocycles. The molecule has 13 nitrogen and oxygen atoms in total. The molecular formula is C35H54N6O7S. The quantitative estimate of drug-likeness (QED) is 0.163. The van der Waals surface area contributed by atoms with Crippen LogP contribution in [-0.4, -0.2) is 88.2 Å². The Morgan fingerprint density at radius 1 is 1.04 bits per heavy atom. The Balaban J connectivity index is 1.43. The van der Waals surface area contributed by atoms with Gasteiger partial charge in [0.25, 0.3) is 0 Å². The molecule has 6 N–H and O–H groups in total. The summed E-state index contributed by atoms with van der Waals surface area (Å²) in [5.41, 5.74) is 6.62. The summed E-state index contributed by atoms with van der Waals surface area (Å²) in [5.74, 6) is -1.48. The van der Waals surface area contributed by atoms with Gasteiger partial charge in [-0.2, -0.15) is 0 Å². The van der Waals surface area contributed by atoms with E-state index in [1.165, 1.54) is 37.7 Å². The molecule has 0 spiro atoms. The number of rotatable bonds is 16. The van der Waals surface area contributed by atoms with Crippen LogP contribution in [0.2, 0.25) is 0 Å². The standard InChI is InChI=1S/C35H54N6O7S/c1-35(2,3)48-34(45)28-14-12-25(20-31(28)42)19-29(36)32(43)40-30(21-27-22-37-23-38-27)33(44)39-26(13-11-24-9-5-4-6-10-24)15-18-49(46,47)41-16-7-8-17-41/h12,14,20,22-24,26,29-30,42H,4-11,13,15-19,21,36H2,1-3H3,(H,37,38)(H,39,44)(H,40,43)/t26-,29?,30?/m0/s1. The number of carbonyl (C=O) groups is 3. The number of hydrogen-bond donors (Lipinski definition) is 5. The maximum atomic E-state index is 13.8. The maximum Gasteiger partial charge on any atom is 0.342 e. The molecule has 1 saturated carbocycles. The van der Waals surface area contributed by atoms with E-state index in [9.17, 15) is 27.9 Å². The SMILES string of the molecule is CC(C)(C)OC(=O)c1ccc(CC(N)C(=O)NC(Cc2c[nH]cn2)C(=O)N[C@@H](CCC2CCCCC2)CCS(=O)(=O)N2CCCC2)cc1O. The molecule has 1 aliphatic carbocycles. The Morgan fingerprint density at radius 2 is 1.76 bits per heavy atom. The highest BCUT2D eigenvalue weighted by molar-refractivity contribution is 7.89. The Morgan fingerprint density at radius 3 is 2.39 bits per heavy atom. The van der Waals surface area contributed by atoms with Gasteiger partial charge in [0.05, 0.1) is 23.8 Å². The van der Waals surface area contributed by atoms with Gasteiger partial charge in [-0.3, -0.25) is 9.59 Å². The highest BCUT2D eigenvalue weighted by Crippen LogP contribution is 2.28. The summed E-state index contributed by atoms with van der Waals surface area (Å²) in [6.07, 6.45) is 12.7. The Kier molecular flexibility index (Phi) is 13.6. The highest BCUT2D eigenvalue weighted by atomic mass is 32.2. The second-order valence-electron chi connectivity index (χ2n) is 14.5. The lowest BCUT2D eigenvalue weighted by molar-refractivity contribution is -0.130. The van der Waals surface area contributed by atoms with E-state index in [4.69, 9.17) is 10.5 Å². The minimum absolute atomic E-state index is 0.00120. The maximum absolute atomic E-state index is 13.8.